The molecule has 1 aromatic heterocycles. The first-order valence-corrected chi connectivity index (χ1v) is 6.39. The van der Waals surface area contributed by atoms with E-state index in [0.717, 1.165) is 31.7 Å². The predicted octanol–water partition coefficient (Wildman–Crippen LogP) is 0.704. The van der Waals surface area contributed by atoms with Crippen LogP contribution in [0.25, 0.3) is 0 Å². The molecule has 2 rings (SSSR count). The summed E-state index contributed by atoms with van der Waals surface area (Å²) in [6, 6.07) is 2.13. The molecule has 1 atom stereocenters. The highest BCUT2D eigenvalue weighted by Gasteiger charge is 2.20. The molecule has 0 aliphatic carbocycles. The summed E-state index contributed by atoms with van der Waals surface area (Å²) in [4.78, 5) is 16.1. The van der Waals surface area contributed by atoms with Crippen LogP contribution >= 0.6 is 0 Å². The molecule has 1 unspecified atom stereocenters. The average molecular weight is 251 g/mol. The topological polar surface area (TPSA) is 48.7 Å². The number of piperazine rings is 1. The minimum Gasteiger partial charge on any atom is -0.472 e. The van der Waals surface area contributed by atoms with Crippen LogP contribution in [0.2, 0.25) is 0 Å². The second kappa shape index (κ2) is 6.02. The van der Waals surface area contributed by atoms with Gasteiger partial charge in [0.25, 0.3) is 0 Å². The summed E-state index contributed by atoms with van der Waals surface area (Å²) >= 11 is 0. The summed E-state index contributed by atoms with van der Waals surface area (Å²) in [5.74, 6) is 0.203. The van der Waals surface area contributed by atoms with Crippen LogP contribution in [0.15, 0.2) is 23.0 Å². The maximum atomic E-state index is 12.1. The van der Waals surface area contributed by atoms with Crippen molar-refractivity contribution in [3.05, 3.63) is 24.2 Å². The van der Waals surface area contributed by atoms with Crippen LogP contribution in [0.4, 0.5) is 0 Å². The molecule has 18 heavy (non-hydrogen) atoms. The fourth-order valence-electron chi connectivity index (χ4n) is 2.13. The molecule has 0 bridgehead atoms. The molecule has 1 amide bonds. The maximum Gasteiger partial charge on any atom is 0.236 e. The summed E-state index contributed by atoms with van der Waals surface area (Å²) in [5, 5.41) is 3.25. The van der Waals surface area contributed by atoms with Crippen LogP contribution in [-0.4, -0.2) is 55.5 Å². The van der Waals surface area contributed by atoms with Crippen molar-refractivity contribution in [3.63, 3.8) is 0 Å². The van der Waals surface area contributed by atoms with Crippen molar-refractivity contribution in [1.29, 1.82) is 0 Å². The summed E-state index contributed by atoms with van der Waals surface area (Å²) in [5.41, 5.74) is 1.10. The summed E-state index contributed by atoms with van der Waals surface area (Å²) in [7, 11) is 1.97. The van der Waals surface area contributed by atoms with E-state index in [-0.39, 0.29) is 11.9 Å². The van der Waals surface area contributed by atoms with Gasteiger partial charge in [0.1, 0.15) is 0 Å². The first-order chi connectivity index (χ1) is 8.68. The molecule has 2 heterocycles. The molecule has 1 aliphatic heterocycles. The molecule has 0 aromatic carbocycles. The maximum absolute atomic E-state index is 12.1. The number of rotatable bonds is 4. The van der Waals surface area contributed by atoms with Gasteiger partial charge in [-0.2, -0.15) is 0 Å². The molecule has 100 valence electrons. The largest absolute Gasteiger partial charge is 0.472 e. The van der Waals surface area contributed by atoms with Gasteiger partial charge in [0, 0.05) is 37.8 Å². The lowest BCUT2D eigenvalue weighted by molar-refractivity contribution is -0.133. The van der Waals surface area contributed by atoms with Crippen LogP contribution in [-0.2, 0) is 4.79 Å². The third-order valence-corrected chi connectivity index (χ3v) is 3.54. The number of nitrogens with one attached hydrogen (secondary N) is 1. The molecule has 1 fully saturated rings. The zero-order valence-electron chi connectivity index (χ0n) is 11.1. The number of amides is 1. The smallest absolute Gasteiger partial charge is 0.236 e. The average Bonchev–Trinajstić information content (AvgIpc) is 2.92. The minimum absolute atomic E-state index is 0.190. The van der Waals surface area contributed by atoms with Crippen LogP contribution in [0, 0.1) is 0 Å². The summed E-state index contributed by atoms with van der Waals surface area (Å²) in [6.07, 6.45) is 3.40. The highest BCUT2D eigenvalue weighted by atomic mass is 16.3. The van der Waals surface area contributed by atoms with Gasteiger partial charge < -0.3 is 14.6 Å². The minimum atomic E-state index is 0.190. The highest BCUT2D eigenvalue weighted by Crippen LogP contribution is 2.18. The molecule has 1 aromatic rings. The molecule has 1 aliphatic rings. The van der Waals surface area contributed by atoms with E-state index in [1.165, 1.54) is 0 Å². The summed E-state index contributed by atoms with van der Waals surface area (Å²) < 4.78 is 5.08. The van der Waals surface area contributed by atoms with Gasteiger partial charge in [-0.3, -0.25) is 9.69 Å². The Kier molecular flexibility index (Phi) is 4.38. The Morgan fingerprint density at radius 3 is 2.89 bits per heavy atom. The Labute approximate surface area is 108 Å². The number of hydrogen-bond donors (Lipinski definition) is 1. The standard InChI is InChI=1S/C13H21N3O2/c1-11(12-3-8-18-10-12)15(2)9-13(17)16-6-4-14-5-7-16/h3,8,10-11,14H,4-7,9H2,1-2H3. The molecule has 0 radical (unpaired) electrons. The van der Waals surface area contributed by atoms with Gasteiger partial charge in [-0.1, -0.05) is 0 Å². The molecule has 5 nitrogen and oxygen atoms in total. The van der Waals surface area contributed by atoms with Crippen LogP contribution < -0.4 is 5.32 Å². The quantitative estimate of drug-likeness (QED) is 0.856. The van der Waals surface area contributed by atoms with Gasteiger partial charge in [0.15, 0.2) is 0 Å². The first kappa shape index (κ1) is 13.1. The van der Waals surface area contributed by atoms with Gasteiger partial charge in [-0.15, -0.1) is 0 Å². The molecule has 1 saturated heterocycles. The van der Waals surface area contributed by atoms with Gasteiger partial charge in [-0.25, -0.2) is 0 Å². The number of likely N-dealkylation sites (N-methyl/N-ethyl adjacent to an activating group) is 1. The van der Waals surface area contributed by atoms with Gasteiger partial charge in [-0.05, 0) is 20.0 Å². The van der Waals surface area contributed by atoms with E-state index in [2.05, 4.69) is 17.1 Å². The van der Waals surface area contributed by atoms with E-state index in [4.69, 9.17) is 4.42 Å². The van der Waals surface area contributed by atoms with E-state index in [1.54, 1.807) is 12.5 Å². The first-order valence-electron chi connectivity index (χ1n) is 6.39. The molecule has 5 heteroatoms. The van der Waals surface area contributed by atoms with Crippen molar-refractivity contribution in [2.45, 2.75) is 13.0 Å². The Hall–Kier alpha value is -1.33. The van der Waals surface area contributed by atoms with E-state index in [1.807, 2.05) is 18.0 Å². The molecule has 0 saturated carbocycles. The third kappa shape index (κ3) is 3.11. The molecule has 1 N–H and O–H groups in total. The zero-order valence-corrected chi connectivity index (χ0v) is 11.1. The second-order valence-corrected chi connectivity index (χ2v) is 4.78. The van der Waals surface area contributed by atoms with Crippen molar-refractivity contribution in [1.82, 2.24) is 15.1 Å². The van der Waals surface area contributed by atoms with E-state index in [0.29, 0.717) is 6.54 Å². The Bertz CT molecular complexity index is 372. The monoisotopic (exact) mass is 251 g/mol. The summed E-state index contributed by atoms with van der Waals surface area (Å²) in [6.45, 7) is 5.95. The van der Waals surface area contributed by atoms with Crippen molar-refractivity contribution in [2.75, 3.05) is 39.8 Å². The second-order valence-electron chi connectivity index (χ2n) is 4.78. The SMILES string of the molecule is CC(c1ccoc1)N(C)CC(=O)N1CCNCC1. The molecular weight excluding hydrogens is 230 g/mol. The van der Waals surface area contributed by atoms with Crippen molar-refractivity contribution in [3.8, 4) is 0 Å². The number of hydrogen-bond acceptors (Lipinski definition) is 4. The number of nitrogens with zero attached hydrogens (tertiary/aromatic N) is 2. The lowest BCUT2D eigenvalue weighted by Crippen LogP contribution is -2.49. The Morgan fingerprint density at radius 2 is 2.28 bits per heavy atom. The van der Waals surface area contributed by atoms with Crippen LogP contribution in [0.5, 0.6) is 0 Å². The van der Waals surface area contributed by atoms with Gasteiger partial charge >= 0.3 is 0 Å². The fraction of sp³-hybridized carbons (Fsp3) is 0.615. The number of carbonyl (C=O) groups is 1. The molecular formula is C13H21N3O2. The number of carbonyl (C=O) groups excluding carboxylic acids is 1. The number of furan rings is 1. The zero-order chi connectivity index (χ0) is 13.0. The Balaban J connectivity index is 1.86. The predicted molar refractivity (Wildman–Crippen MR) is 69.2 cm³/mol. The van der Waals surface area contributed by atoms with E-state index in [9.17, 15) is 4.79 Å². The van der Waals surface area contributed by atoms with E-state index < -0.39 is 0 Å². The lowest BCUT2D eigenvalue weighted by Gasteiger charge is -2.30. The van der Waals surface area contributed by atoms with Crippen molar-refractivity contribution < 1.29 is 9.21 Å². The molecule has 0 spiro atoms. The highest BCUT2D eigenvalue weighted by molar-refractivity contribution is 5.78. The fourth-order valence-corrected chi connectivity index (χ4v) is 2.13. The van der Waals surface area contributed by atoms with E-state index >= 15 is 0 Å². The van der Waals surface area contributed by atoms with Crippen LogP contribution in [0.1, 0.15) is 18.5 Å². The van der Waals surface area contributed by atoms with Crippen LogP contribution in [0.3, 0.4) is 0 Å². The van der Waals surface area contributed by atoms with Gasteiger partial charge in [0.05, 0.1) is 19.1 Å². The Morgan fingerprint density at radius 1 is 1.56 bits per heavy atom. The lowest BCUT2D eigenvalue weighted by atomic mass is 10.1. The normalized spacial score (nSPS) is 18.1. The third-order valence-electron chi connectivity index (χ3n) is 3.54. The van der Waals surface area contributed by atoms with Crippen molar-refractivity contribution >= 4 is 5.91 Å². The van der Waals surface area contributed by atoms with Crippen molar-refractivity contribution in [2.24, 2.45) is 0 Å². The van der Waals surface area contributed by atoms with Gasteiger partial charge in [0.2, 0.25) is 5.91 Å².